The Bertz CT molecular complexity index is 310. The third kappa shape index (κ3) is 2.51. The molecule has 1 N–H and O–H groups in total. The molecular weight excluding hydrogens is 196 g/mol. The van der Waals surface area contributed by atoms with E-state index in [1.165, 1.54) is 0 Å². The first-order valence-electron chi connectivity index (χ1n) is 4.47. The average molecular weight is 210 g/mol. The molecule has 0 aliphatic carbocycles. The molecule has 0 aliphatic rings. The maximum Gasteiger partial charge on any atom is 0.310 e. The van der Waals surface area contributed by atoms with Crippen LogP contribution in [0, 0.1) is 5.41 Å². The Balaban J connectivity index is 2.81. The van der Waals surface area contributed by atoms with E-state index in [-0.39, 0.29) is 0 Å². The Morgan fingerprint density at radius 1 is 1.43 bits per heavy atom. The number of thiol groups is 1. The lowest BCUT2D eigenvalue weighted by Crippen LogP contribution is -2.31. The fraction of sp³-hybridized carbons (Fsp3) is 0.364. The van der Waals surface area contributed by atoms with Crippen LogP contribution in [0.4, 0.5) is 0 Å². The van der Waals surface area contributed by atoms with E-state index in [2.05, 4.69) is 12.6 Å². The zero-order chi connectivity index (χ0) is 10.6. The molecule has 0 heterocycles. The summed E-state index contributed by atoms with van der Waals surface area (Å²) in [5.74, 6) is -0.451. The largest absolute Gasteiger partial charge is 0.481 e. The van der Waals surface area contributed by atoms with E-state index in [0.29, 0.717) is 12.2 Å². The van der Waals surface area contributed by atoms with Gasteiger partial charge >= 0.3 is 5.97 Å². The highest BCUT2D eigenvalue weighted by Gasteiger charge is 2.31. The Hall–Kier alpha value is -0.960. The van der Waals surface area contributed by atoms with Gasteiger partial charge in [0.25, 0.3) is 0 Å². The van der Waals surface area contributed by atoms with E-state index >= 15 is 0 Å². The van der Waals surface area contributed by atoms with Gasteiger partial charge in [0.1, 0.15) is 0 Å². The molecular formula is C11H14O2S. The van der Waals surface area contributed by atoms with Crippen LogP contribution < -0.4 is 0 Å². The number of aliphatic carboxylic acids is 1. The normalized spacial score (nSPS) is 14.7. The molecule has 0 bridgehead atoms. The zero-order valence-electron chi connectivity index (χ0n) is 8.10. The minimum atomic E-state index is -0.795. The molecule has 1 atom stereocenters. The van der Waals surface area contributed by atoms with E-state index in [1.54, 1.807) is 6.92 Å². The summed E-state index contributed by atoms with van der Waals surface area (Å²) in [5, 5.41) is 9.04. The van der Waals surface area contributed by atoms with Gasteiger partial charge in [-0.05, 0) is 18.9 Å². The topological polar surface area (TPSA) is 37.3 Å². The molecule has 0 aromatic heterocycles. The van der Waals surface area contributed by atoms with Crippen LogP contribution in [-0.2, 0) is 11.2 Å². The van der Waals surface area contributed by atoms with Crippen molar-refractivity contribution in [1.29, 1.82) is 0 Å². The first-order chi connectivity index (χ1) is 6.58. The lowest BCUT2D eigenvalue weighted by atomic mass is 9.86. The maximum atomic E-state index is 11.0. The predicted octanol–water partition coefficient (Wildman–Crippen LogP) is 2.25. The number of hydrogen-bond acceptors (Lipinski definition) is 2. The van der Waals surface area contributed by atoms with Gasteiger partial charge in [0.2, 0.25) is 0 Å². The standard InChI is InChI=1S/C11H14O2S/c1-11(8-14,10(12)13)7-9-5-3-2-4-6-9/h2-6,14H,7-8H2,1H3,(H,12,13). The first kappa shape index (κ1) is 11.1. The van der Waals surface area contributed by atoms with Crippen LogP contribution in [0.3, 0.4) is 0 Å². The molecule has 0 spiro atoms. The molecule has 1 unspecified atom stereocenters. The van der Waals surface area contributed by atoms with E-state index in [0.717, 1.165) is 5.56 Å². The van der Waals surface area contributed by atoms with Crippen molar-refractivity contribution in [2.24, 2.45) is 5.41 Å². The highest BCUT2D eigenvalue weighted by atomic mass is 32.1. The Morgan fingerprint density at radius 3 is 2.43 bits per heavy atom. The minimum absolute atomic E-state index is 0.344. The van der Waals surface area contributed by atoms with Crippen LogP contribution in [0.1, 0.15) is 12.5 Å². The number of carbonyl (C=O) groups is 1. The molecule has 3 heteroatoms. The van der Waals surface area contributed by atoms with Crippen LogP contribution >= 0.6 is 12.6 Å². The van der Waals surface area contributed by atoms with Crippen LogP contribution in [0.2, 0.25) is 0 Å². The van der Waals surface area contributed by atoms with Crippen molar-refractivity contribution in [1.82, 2.24) is 0 Å². The van der Waals surface area contributed by atoms with E-state index in [9.17, 15) is 4.79 Å². The third-order valence-corrected chi connectivity index (χ3v) is 3.00. The summed E-state index contributed by atoms with van der Waals surface area (Å²) in [5.41, 5.74) is 0.260. The molecule has 0 amide bonds. The monoisotopic (exact) mass is 210 g/mol. The average Bonchev–Trinajstić information content (AvgIpc) is 2.19. The lowest BCUT2D eigenvalue weighted by Gasteiger charge is -2.22. The van der Waals surface area contributed by atoms with Crippen LogP contribution in [0.25, 0.3) is 0 Å². The SMILES string of the molecule is CC(CS)(Cc1ccccc1)C(=O)O. The van der Waals surface area contributed by atoms with Crippen LogP contribution in [-0.4, -0.2) is 16.8 Å². The summed E-state index contributed by atoms with van der Waals surface area (Å²) in [7, 11) is 0. The quantitative estimate of drug-likeness (QED) is 0.748. The number of benzene rings is 1. The molecule has 14 heavy (non-hydrogen) atoms. The fourth-order valence-corrected chi connectivity index (χ4v) is 1.49. The molecule has 76 valence electrons. The van der Waals surface area contributed by atoms with Crippen molar-refractivity contribution in [2.75, 3.05) is 5.75 Å². The molecule has 1 aromatic rings. The molecule has 1 rings (SSSR count). The molecule has 0 aliphatic heterocycles. The smallest absolute Gasteiger partial charge is 0.310 e. The molecule has 2 nitrogen and oxygen atoms in total. The molecule has 1 aromatic carbocycles. The summed E-state index contributed by atoms with van der Waals surface area (Å²) >= 11 is 4.09. The molecule has 0 saturated carbocycles. The van der Waals surface area contributed by atoms with Crippen molar-refractivity contribution >= 4 is 18.6 Å². The van der Waals surface area contributed by atoms with Crippen molar-refractivity contribution in [2.45, 2.75) is 13.3 Å². The Labute approximate surface area is 89.4 Å². The van der Waals surface area contributed by atoms with Gasteiger partial charge in [-0.3, -0.25) is 4.79 Å². The lowest BCUT2D eigenvalue weighted by molar-refractivity contribution is -0.146. The highest BCUT2D eigenvalue weighted by Crippen LogP contribution is 2.24. The van der Waals surface area contributed by atoms with Crippen molar-refractivity contribution in [3.8, 4) is 0 Å². The number of carboxylic acid groups (broad SMARTS) is 1. The number of rotatable bonds is 4. The Morgan fingerprint density at radius 2 is 2.00 bits per heavy atom. The number of carboxylic acids is 1. The molecule has 0 fully saturated rings. The van der Waals surface area contributed by atoms with Crippen LogP contribution in [0.5, 0.6) is 0 Å². The fourth-order valence-electron chi connectivity index (χ4n) is 1.25. The van der Waals surface area contributed by atoms with E-state index in [4.69, 9.17) is 5.11 Å². The van der Waals surface area contributed by atoms with E-state index in [1.807, 2.05) is 30.3 Å². The minimum Gasteiger partial charge on any atom is -0.481 e. The van der Waals surface area contributed by atoms with Gasteiger partial charge in [-0.2, -0.15) is 12.6 Å². The van der Waals surface area contributed by atoms with Gasteiger partial charge in [-0.15, -0.1) is 0 Å². The summed E-state index contributed by atoms with van der Waals surface area (Å²) in [6, 6.07) is 9.61. The second-order valence-corrected chi connectivity index (χ2v) is 4.00. The van der Waals surface area contributed by atoms with Crippen molar-refractivity contribution < 1.29 is 9.90 Å². The van der Waals surface area contributed by atoms with Crippen molar-refractivity contribution in [3.05, 3.63) is 35.9 Å². The van der Waals surface area contributed by atoms with Gasteiger partial charge in [0, 0.05) is 5.75 Å². The van der Waals surface area contributed by atoms with Gasteiger partial charge in [-0.1, -0.05) is 30.3 Å². The summed E-state index contributed by atoms with van der Waals surface area (Å²) < 4.78 is 0. The highest BCUT2D eigenvalue weighted by molar-refractivity contribution is 7.80. The van der Waals surface area contributed by atoms with Gasteiger partial charge < -0.3 is 5.11 Å². The van der Waals surface area contributed by atoms with Crippen LogP contribution in [0.15, 0.2) is 30.3 Å². The van der Waals surface area contributed by atoms with Gasteiger partial charge in [0.15, 0.2) is 0 Å². The van der Waals surface area contributed by atoms with Gasteiger partial charge in [-0.25, -0.2) is 0 Å². The van der Waals surface area contributed by atoms with Gasteiger partial charge in [0.05, 0.1) is 5.41 Å². The van der Waals surface area contributed by atoms with E-state index < -0.39 is 11.4 Å². The Kier molecular flexibility index (Phi) is 3.58. The second-order valence-electron chi connectivity index (χ2n) is 3.69. The summed E-state index contributed by atoms with van der Waals surface area (Å²) in [6.45, 7) is 1.72. The maximum absolute atomic E-state index is 11.0. The third-order valence-electron chi connectivity index (χ3n) is 2.30. The number of hydrogen-bond donors (Lipinski definition) is 2. The summed E-state index contributed by atoms with van der Waals surface area (Å²) in [6.07, 6.45) is 0.521. The predicted molar refractivity (Wildman–Crippen MR) is 59.7 cm³/mol. The van der Waals surface area contributed by atoms with Crippen molar-refractivity contribution in [3.63, 3.8) is 0 Å². The molecule has 0 radical (unpaired) electrons. The summed E-state index contributed by atoms with van der Waals surface area (Å²) in [4.78, 5) is 11.0. The zero-order valence-corrected chi connectivity index (χ0v) is 9.00. The second kappa shape index (κ2) is 4.51. The molecule has 0 saturated heterocycles. The first-order valence-corrected chi connectivity index (χ1v) is 5.10.